The van der Waals surface area contributed by atoms with Crippen LogP contribution in [0.15, 0.2) is 0 Å². The molecule has 2 fully saturated rings. The largest absolute Gasteiger partial charge is 0.383 e. The normalized spacial score (nSPS) is 25.3. The third kappa shape index (κ3) is 2.76. The van der Waals surface area contributed by atoms with Crippen LogP contribution >= 0.6 is 0 Å². The van der Waals surface area contributed by atoms with Crippen molar-refractivity contribution in [3.8, 4) is 0 Å². The molecule has 0 aromatic carbocycles. The summed E-state index contributed by atoms with van der Waals surface area (Å²) in [6.45, 7) is 4.87. The van der Waals surface area contributed by atoms with E-state index in [0.29, 0.717) is 5.41 Å². The third-order valence-corrected chi connectivity index (χ3v) is 4.42. The summed E-state index contributed by atoms with van der Waals surface area (Å²) >= 11 is 0. The molecular formula is C13H25NO2. The highest BCUT2D eigenvalue weighted by molar-refractivity contribution is 4.93. The molecule has 0 aromatic rings. The van der Waals surface area contributed by atoms with Crippen LogP contribution in [0, 0.1) is 11.3 Å². The highest BCUT2D eigenvalue weighted by Crippen LogP contribution is 2.47. The van der Waals surface area contributed by atoms with E-state index in [1.54, 1.807) is 7.11 Å². The van der Waals surface area contributed by atoms with E-state index in [0.717, 1.165) is 38.8 Å². The fourth-order valence-electron chi connectivity index (χ4n) is 3.04. The highest BCUT2D eigenvalue weighted by atomic mass is 16.5. The standard InChI is InChI=1S/C13H25NO2/c1-15-10-7-14-11-13(12-3-2-4-12)5-8-16-9-6-13/h12,14H,2-11H2,1H3. The minimum absolute atomic E-state index is 0.532. The number of nitrogens with one attached hydrogen (secondary N) is 1. The number of hydrogen-bond acceptors (Lipinski definition) is 3. The van der Waals surface area contributed by atoms with Gasteiger partial charge in [-0.1, -0.05) is 6.42 Å². The second-order valence-electron chi connectivity index (χ2n) is 5.27. The Bertz CT molecular complexity index is 198. The van der Waals surface area contributed by atoms with Gasteiger partial charge in [-0.3, -0.25) is 0 Å². The summed E-state index contributed by atoms with van der Waals surface area (Å²) in [6.07, 6.45) is 6.80. The zero-order chi connectivity index (χ0) is 11.3. The predicted molar refractivity (Wildman–Crippen MR) is 64.6 cm³/mol. The first-order valence-corrected chi connectivity index (χ1v) is 6.65. The van der Waals surface area contributed by atoms with E-state index >= 15 is 0 Å². The summed E-state index contributed by atoms with van der Waals surface area (Å²) in [5, 5.41) is 3.57. The van der Waals surface area contributed by atoms with Crippen molar-refractivity contribution in [2.75, 3.05) is 40.0 Å². The lowest BCUT2D eigenvalue weighted by Crippen LogP contribution is -2.47. The fourth-order valence-corrected chi connectivity index (χ4v) is 3.04. The minimum atomic E-state index is 0.532. The third-order valence-electron chi connectivity index (χ3n) is 4.42. The van der Waals surface area contributed by atoms with E-state index in [9.17, 15) is 0 Å². The molecule has 0 amide bonds. The summed E-state index contributed by atoms with van der Waals surface area (Å²) in [7, 11) is 1.76. The Labute approximate surface area is 98.9 Å². The molecule has 0 spiro atoms. The van der Waals surface area contributed by atoms with Gasteiger partial charge < -0.3 is 14.8 Å². The Balaban J connectivity index is 1.81. The van der Waals surface area contributed by atoms with Crippen LogP contribution in [0.3, 0.4) is 0 Å². The molecular weight excluding hydrogens is 202 g/mol. The zero-order valence-corrected chi connectivity index (χ0v) is 10.5. The van der Waals surface area contributed by atoms with E-state index < -0.39 is 0 Å². The Kier molecular flexibility index (Phi) is 4.62. The molecule has 0 radical (unpaired) electrons. The van der Waals surface area contributed by atoms with Gasteiger partial charge in [0.05, 0.1) is 6.61 Å². The average Bonchev–Trinajstić information content (AvgIpc) is 2.23. The SMILES string of the molecule is COCCNCC1(C2CCC2)CCOCC1. The lowest BCUT2D eigenvalue weighted by atomic mass is 9.61. The highest BCUT2D eigenvalue weighted by Gasteiger charge is 2.42. The lowest BCUT2D eigenvalue weighted by molar-refractivity contribution is -0.0408. The van der Waals surface area contributed by atoms with Gasteiger partial charge in [0, 0.05) is 33.4 Å². The Morgan fingerprint density at radius 3 is 2.62 bits per heavy atom. The predicted octanol–water partition coefficient (Wildman–Crippen LogP) is 1.82. The van der Waals surface area contributed by atoms with Gasteiger partial charge >= 0.3 is 0 Å². The van der Waals surface area contributed by atoms with Crippen LogP contribution in [-0.2, 0) is 9.47 Å². The van der Waals surface area contributed by atoms with Gasteiger partial charge in [0.1, 0.15) is 0 Å². The van der Waals surface area contributed by atoms with Crippen molar-refractivity contribution in [1.82, 2.24) is 5.32 Å². The molecule has 1 saturated carbocycles. The lowest BCUT2D eigenvalue weighted by Gasteiger charge is -2.48. The van der Waals surface area contributed by atoms with Crippen molar-refractivity contribution in [3.05, 3.63) is 0 Å². The Morgan fingerprint density at radius 1 is 1.31 bits per heavy atom. The van der Waals surface area contributed by atoms with Gasteiger partial charge in [0.2, 0.25) is 0 Å². The van der Waals surface area contributed by atoms with Gasteiger partial charge in [-0.25, -0.2) is 0 Å². The van der Waals surface area contributed by atoms with Crippen LogP contribution in [-0.4, -0.2) is 40.0 Å². The molecule has 0 aromatic heterocycles. The van der Waals surface area contributed by atoms with Crippen LogP contribution in [0.4, 0.5) is 0 Å². The van der Waals surface area contributed by atoms with Crippen LogP contribution in [0.5, 0.6) is 0 Å². The van der Waals surface area contributed by atoms with E-state index in [4.69, 9.17) is 9.47 Å². The maximum atomic E-state index is 5.52. The maximum absolute atomic E-state index is 5.52. The molecule has 3 heteroatoms. The molecule has 1 aliphatic carbocycles. The summed E-state index contributed by atoms with van der Waals surface area (Å²) in [6, 6.07) is 0. The molecule has 1 heterocycles. The van der Waals surface area contributed by atoms with Crippen molar-refractivity contribution < 1.29 is 9.47 Å². The number of methoxy groups -OCH3 is 1. The molecule has 2 aliphatic rings. The van der Waals surface area contributed by atoms with Crippen LogP contribution in [0.2, 0.25) is 0 Å². The monoisotopic (exact) mass is 227 g/mol. The Hall–Kier alpha value is -0.120. The van der Waals surface area contributed by atoms with E-state index in [1.165, 1.54) is 32.1 Å². The fraction of sp³-hybridized carbons (Fsp3) is 1.00. The molecule has 94 valence electrons. The van der Waals surface area contributed by atoms with Crippen LogP contribution in [0.1, 0.15) is 32.1 Å². The summed E-state index contributed by atoms with van der Waals surface area (Å²) in [5.74, 6) is 0.950. The van der Waals surface area contributed by atoms with Gasteiger partial charge in [0.15, 0.2) is 0 Å². The number of hydrogen-bond donors (Lipinski definition) is 1. The summed E-state index contributed by atoms with van der Waals surface area (Å²) in [5.41, 5.74) is 0.532. The summed E-state index contributed by atoms with van der Waals surface area (Å²) < 4.78 is 10.6. The van der Waals surface area contributed by atoms with Gasteiger partial charge in [-0.15, -0.1) is 0 Å². The van der Waals surface area contributed by atoms with Crippen molar-refractivity contribution in [1.29, 1.82) is 0 Å². The average molecular weight is 227 g/mol. The van der Waals surface area contributed by atoms with E-state index in [2.05, 4.69) is 5.32 Å². The molecule has 2 rings (SSSR count). The smallest absolute Gasteiger partial charge is 0.0587 e. The molecule has 1 N–H and O–H groups in total. The zero-order valence-electron chi connectivity index (χ0n) is 10.5. The second kappa shape index (κ2) is 5.99. The molecule has 0 unspecified atom stereocenters. The first kappa shape index (κ1) is 12.3. The molecule has 0 bridgehead atoms. The van der Waals surface area contributed by atoms with Crippen LogP contribution < -0.4 is 5.32 Å². The van der Waals surface area contributed by atoms with Crippen LogP contribution in [0.25, 0.3) is 0 Å². The van der Waals surface area contributed by atoms with E-state index in [1.807, 2.05) is 0 Å². The van der Waals surface area contributed by atoms with Crippen molar-refractivity contribution in [2.24, 2.45) is 11.3 Å². The molecule has 3 nitrogen and oxygen atoms in total. The van der Waals surface area contributed by atoms with Gasteiger partial charge in [0.25, 0.3) is 0 Å². The topological polar surface area (TPSA) is 30.5 Å². The first-order valence-electron chi connectivity index (χ1n) is 6.65. The molecule has 0 atom stereocenters. The quantitative estimate of drug-likeness (QED) is 0.702. The maximum Gasteiger partial charge on any atom is 0.0587 e. The van der Waals surface area contributed by atoms with Crippen molar-refractivity contribution >= 4 is 0 Å². The van der Waals surface area contributed by atoms with Gasteiger partial charge in [-0.05, 0) is 37.0 Å². The molecule has 16 heavy (non-hydrogen) atoms. The minimum Gasteiger partial charge on any atom is -0.383 e. The second-order valence-corrected chi connectivity index (χ2v) is 5.27. The van der Waals surface area contributed by atoms with E-state index in [-0.39, 0.29) is 0 Å². The summed E-state index contributed by atoms with van der Waals surface area (Å²) in [4.78, 5) is 0. The Morgan fingerprint density at radius 2 is 2.06 bits per heavy atom. The molecule has 1 aliphatic heterocycles. The van der Waals surface area contributed by atoms with Gasteiger partial charge in [-0.2, -0.15) is 0 Å². The molecule has 1 saturated heterocycles. The number of rotatable bonds is 6. The first-order chi connectivity index (χ1) is 7.87. The number of ether oxygens (including phenoxy) is 2. The van der Waals surface area contributed by atoms with Crippen molar-refractivity contribution in [2.45, 2.75) is 32.1 Å². The van der Waals surface area contributed by atoms with Crippen molar-refractivity contribution in [3.63, 3.8) is 0 Å².